The van der Waals surface area contributed by atoms with E-state index in [0.29, 0.717) is 42.5 Å². The quantitative estimate of drug-likeness (QED) is 0.822. The van der Waals surface area contributed by atoms with Crippen LogP contribution in [0.3, 0.4) is 0 Å². The highest BCUT2D eigenvalue weighted by Crippen LogP contribution is 2.32. The number of ketones is 1. The topological polar surface area (TPSA) is 83.6 Å². The summed E-state index contributed by atoms with van der Waals surface area (Å²) < 4.78 is 0. The molecular formula is C20H20N2O4. The number of fused-ring (bicyclic) bond motifs is 1. The summed E-state index contributed by atoms with van der Waals surface area (Å²) in [7, 11) is 0. The highest BCUT2D eigenvalue weighted by atomic mass is 16.2. The van der Waals surface area contributed by atoms with E-state index in [2.05, 4.69) is 11.9 Å². The number of nitrogens with zero attached hydrogens (tertiary/aromatic N) is 1. The second-order valence-electron chi connectivity index (χ2n) is 7.25. The summed E-state index contributed by atoms with van der Waals surface area (Å²) in [6.45, 7) is 3.72. The Balaban J connectivity index is 1.53. The van der Waals surface area contributed by atoms with Crippen molar-refractivity contribution in [3.05, 3.63) is 47.2 Å². The number of hydrogen-bond donors (Lipinski definition) is 1. The van der Waals surface area contributed by atoms with Crippen molar-refractivity contribution >= 4 is 23.5 Å². The zero-order valence-corrected chi connectivity index (χ0v) is 14.4. The average molecular weight is 352 g/mol. The molecule has 2 heterocycles. The van der Waals surface area contributed by atoms with E-state index in [1.807, 2.05) is 0 Å². The third-order valence-electron chi connectivity index (χ3n) is 5.31. The van der Waals surface area contributed by atoms with E-state index in [0.717, 1.165) is 23.3 Å². The zero-order valence-electron chi connectivity index (χ0n) is 14.4. The number of allylic oxidation sites excluding steroid dienone is 1. The summed E-state index contributed by atoms with van der Waals surface area (Å²) in [5.74, 6) is -0.742. The van der Waals surface area contributed by atoms with Crippen LogP contribution < -0.4 is 5.32 Å². The summed E-state index contributed by atoms with van der Waals surface area (Å²) in [5, 5.41) is 2.62. The van der Waals surface area contributed by atoms with Crippen LogP contribution in [0.15, 0.2) is 30.5 Å². The van der Waals surface area contributed by atoms with Crippen LogP contribution in [0.4, 0.5) is 0 Å². The fourth-order valence-corrected chi connectivity index (χ4v) is 3.63. The average Bonchev–Trinajstić information content (AvgIpc) is 3.43. The van der Waals surface area contributed by atoms with Gasteiger partial charge in [0.2, 0.25) is 5.91 Å². The highest BCUT2D eigenvalue weighted by Gasteiger charge is 2.43. The Labute approximate surface area is 151 Å². The summed E-state index contributed by atoms with van der Waals surface area (Å²) in [6, 6.07) is 4.31. The number of Topliss-reactive ketones (excluding diaryl/α,β-unsaturated/α-hetero) is 1. The van der Waals surface area contributed by atoms with Gasteiger partial charge in [0, 0.05) is 18.0 Å². The maximum Gasteiger partial charge on any atom is 0.262 e. The van der Waals surface area contributed by atoms with Gasteiger partial charge in [-0.25, -0.2) is 0 Å². The maximum absolute atomic E-state index is 12.8. The predicted molar refractivity (Wildman–Crippen MR) is 93.3 cm³/mol. The molecule has 2 fully saturated rings. The van der Waals surface area contributed by atoms with E-state index >= 15 is 0 Å². The number of aryl methyl sites for hydroxylation is 1. The fourth-order valence-electron chi connectivity index (χ4n) is 3.63. The lowest BCUT2D eigenvalue weighted by atomic mass is 10.0. The number of rotatable bonds is 5. The molecule has 0 bridgehead atoms. The first-order valence-electron chi connectivity index (χ1n) is 8.98. The van der Waals surface area contributed by atoms with E-state index < -0.39 is 17.9 Å². The molecule has 6 heteroatoms. The third-order valence-corrected chi connectivity index (χ3v) is 5.31. The molecule has 26 heavy (non-hydrogen) atoms. The summed E-state index contributed by atoms with van der Waals surface area (Å²) >= 11 is 0. The van der Waals surface area contributed by atoms with Crippen LogP contribution in [-0.2, 0) is 16.0 Å². The standard InChI is InChI=1S/C20H20N2O4/c1-11-2-8-16(18(24)21-11)22-19(25)14-7-3-12(10-15(14)20(22)26)4-9-17(23)13-5-6-13/h3,7,10,13,16H,1-2,4-6,8-9H2,(H,21,24). The van der Waals surface area contributed by atoms with Crippen LogP contribution >= 0.6 is 0 Å². The molecule has 134 valence electrons. The van der Waals surface area contributed by atoms with Crippen LogP contribution in [0, 0.1) is 5.92 Å². The molecule has 1 atom stereocenters. The van der Waals surface area contributed by atoms with Gasteiger partial charge >= 0.3 is 0 Å². The number of carbonyl (C=O) groups is 4. The smallest absolute Gasteiger partial charge is 0.262 e. The minimum absolute atomic E-state index is 0.225. The largest absolute Gasteiger partial charge is 0.329 e. The lowest BCUT2D eigenvalue weighted by molar-refractivity contribution is -0.125. The van der Waals surface area contributed by atoms with Gasteiger partial charge in [-0.2, -0.15) is 0 Å². The molecule has 0 spiro atoms. The fraction of sp³-hybridized carbons (Fsp3) is 0.400. The number of carbonyl (C=O) groups excluding carboxylic acids is 4. The molecule has 3 amide bonds. The Bertz CT molecular complexity index is 853. The van der Waals surface area contributed by atoms with Crippen LogP contribution in [0.1, 0.15) is 58.4 Å². The summed E-state index contributed by atoms with van der Waals surface area (Å²) in [6.07, 6.45) is 3.93. The number of benzene rings is 1. The first-order valence-corrected chi connectivity index (χ1v) is 8.98. The van der Waals surface area contributed by atoms with Crippen molar-refractivity contribution in [3.8, 4) is 0 Å². The van der Waals surface area contributed by atoms with Crippen molar-refractivity contribution in [1.29, 1.82) is 0 Å². The van der Waals surface area contributed by atoms with Crippen LogP contribution in [0.2, 0.25) is 0 Å². The Morgan fingerprint density at radius 1 is 1.12 bits per heavy atom. The van der Waals surface area contributed by atoms with Crippen molar-refractivity contribution < 1.29 is 19.2 Å². The second kappa shape index (κ2) is 6.20. The first-order chi connectivity index (χ1) is 12.5. The zero-order chi connectivity index (χ0) is 18.4. The molecule has 2 aliphatic heterocycles. The monoisotopic (exact) mass is 352 g/mol. The van der Waals surface area contributed by atoms with E-state index in [-0.39, 0.29) is 17.6 Å². The molecule has 1 unspecified atom stereocenters. The van der Waals surface area contributed by atoms with Crippen LogP contribution in [0.25, 0.3) is 0 Å². The lowest BCUT2D eigenvalue weighted by Crippen LogP contribution is -2.51. The predicted octanol–water partition coefficient (Wildman–Crippen LogP) is 1.99. The molecule has 4 rings (SSSR count). The van der Waals surface area contributed by atoms with Gasteiger partial charge in [-0.15, -0.1) is 0 Å². The van der Waals surface area contributed by atoms with E-state index in [1.54, 1.807) is 18.2 Å². The van der Waals surface area contributed by atoms with Crippen molar-refractivity contribution in [1.82, 2.24) is 10.2 Å². The van der Waals surface area contributed by atoms with E-state index in [1.165, 1.54) is 0 Å². The number of amides is 3. The molecular weight excluding hydrogens is 332 g/mol. The summed E-state index contributed by atoms with van der Waals surface area (Å²) in [4.78, 5) is 50.6. The molecule has 6 nitrogen and oxygen atoms in total. The van der Waals surface area contributed by atoms with Gasteiger partial charge < -0.3 is 5.32 Å². The van der Waals surface area contributed by atoms with E-state index in [9.17, 15) is 19.2 Å². The molecule has 0 aromatic heterocycles. The lowest BCUT2D eigenvalue weighted by Gasteiger charge is -2.29. The minimum atomic E-state index is -0.798. The minimum Gasteiger partial charge on any atom is -0.329 e. The van der Waals surface area contributed by atoms with Crippen molar-refractivity contribution in [2.24, 2.45) is 5.92 Å². The molecule has 1 saturated carbocycles. The molecule has 1 aromatic rings. The maximum atomic E-state index is 12.8. The van der Waals surface area contributed by atoms with Gasteiger partial charge in [0.15, 0.2) is 0 Å². The second-order valence-corrected chi connectivity index (χ2v) is 7.25. The number of imide groups is 1. The molecule has 1 aliphatic carbocycles. The molecule has 1 saturated heterocycles. The highest BCUT2D eigenvalue weighted by molar-refractivity contribution is 6.23. The number of nitrogens with one attached hydrogen (secondary N) is 1. The van der Waals surface area contributed by atoms with Gasteiger partial charge in [-0.05, 0) is 49.8 Å². The van der Waals surface area contributed by atoms with Gasteiger partial charge in [0.05, 0.1) is 11.1 Å². The van der Waals surface area contributed by atoms with Crippen molar-refractivity contribution in [3.63, 3.8) is 0 Å². The molecule has 1 N–H and O–H groups in total. The Hall–Kier alpha value is -2.76. The Morgan fingerprint density at radius 3 is 2.54 bits per heavy atom. The third kappa shape index (κ3) is 2.85. The first kappa shape index (κ1) is 16.7. The van der Waals surface area contributed by atoms with Crippen LogP contribution in [-0.4, -0.2) is 34.4 Å². The molecule has 3 aliphatic rings. The van der Waals surface area contributed by atoms with E-state index in [4.69, 9.17) is 0 Å². The van der Waals surface area contributed by atoms with Crippen molar-refractivity contribution in [2.75, 3.05) is 0 Å². The number of hydrogen-bond acceptors (Lipinski definition) is 4. The molecule has 0 radical (unpaired) electrons. The Kier molecular flexibility index (Phi) is 3.98. The normalized spacial score (nSPS) is 22.5. The molecule has 1 aromatic carbocycles. The Morgan fingerprint density at radius 2 is 1.85 bits per heavy atom. The van der Waals surface area contributed by atoms with Gasteiger partial charge in [0.1, 0.15) is 11.8 Å². The van der Waals surface area contributed by atoms with Gasteiger partial charge in [-0.3, -0.25) is 24.1 Å². The number of piperidine rings is 1. The summed E-state index contributed by atoms with van der Waals surface area (Å²) in [5.41, 5.74) is 2.11. The van der Waals surface area contributed by atoms with Crippen LogP contribution in [0.5, 0.6) is 0 Å². The van der Waals surface area contributed by atoms with Gasteiger partial charge in [0.25, 0.3) is 11.8 Å². The van der Waals surface area contributed by atoms with Gasteiger partial charge in [-0.1, -0.05) is 12.6 Å². The van der Waals surface area contributed by atoms with Crippen molar-refractivity contribution in [2.45, 2.75) is 44.6 Å². The SMILES string of the molecule is C=C1CCC(N2C(=O)c3ccc(CCC(=O)C4CC4)cc3C2=O)C(=O)N1.